The standard InChI is InChI=1S/C21H29N3O2/c1-12-23-11-14(19(26)22-8)17(24-12)13-9-15(20(2,3)4)18(25)16(10-13)21(5,6)7/h9-11,25H,1-8H3,(H,22,26). The van der Waals surface area contributed by atoms with Crippen molar-refractivity contribution in [2.24, 2.45) is 0 Å². The molecule has 2 aromatic rings. The highest BCUT2D eigenvalue weighted by atomic mass is 16.3. The molecule has 2 rings (SSSR count). The number of phenols is 1. The minimum absolute atomic E-state index is 0.234. The summed E-state index contributed by atoms with van der Waals surface area (Å²) in [4.78, 5) is 21.0. The van der Waals surface area contributed by atoms with Gasteiger partial charge in [0.2, 0.25) is 0 Å². The zero-order valence-electron chi connectivity index (χ0n) is 17.0. The van der Waals surface area contributed by atoms with Crippen molar-refractivity contribution < 1.29 is 9.90 Å². The number of amides is 1. The Balaban J connectivity index is 2.87. The maximum Gasteiger partial charge on any atom is 0.254 e. The third-order valence-corrected chi connectivity index (χ3v) is 4.38. The molecule has 1 aromatic carbocycles. The Bertz CT molecular complexity index is 808. The highest BCUT2D eigenvalue weighted by Crippen LogP contribution is 2.42. The van der Waals surface area contributed by atoms with E-state index in [1.807, 2.05) is 12.1 Å². The molecule has 1 aromatic heterocycles. The second-order valence-corrected chi connectivity index (χ2v) is 8.68. The van der Waals surface area contributed by atoms with Crippen LogP contribution in [0.4, 0.5) is 0 Å². The Kier molecular flexibility index (Phi) is 5.13. The summed E-state index contributed by atoms with van der Waals surface area (Å²) in [6.45, 7) is 14.2. The molecule has 5 heteroatoms. The molecule has 0 spiro atoms. The highest BCUT2D eigenvalue weighted by molar-refractivity contribution is 5.99. The maximum atomic E-state index is 12.3. The summed E-state index contributed by atoms with van der Waals surface area (Å²) < 4.78 is 0. The summed E-state index contributed by atoms with van der Waals surface area (Å²) in [7, 11) is 1.59. The molecule has 0 aliphatic carbocycles. The summed E-state index contributed by atoms with van der Waals surface area (Å²) in [5, 5.41) is 13.5. The van der Waals surface area contributed by atoms with E-state index in [1.165, 1.54) is 0 Å². The summed E-state index contributed by atoms with van der Waals surface area (Å²) in [5.74, 6) is 0.666. The fourth-order valence-corrected chi connectivity index (χ4v) is 2.91. The van der Waals surface area contributed by atoms with Crippen molar-refractivity contribution >= 4 is 5.91 Å². The Morgan fingerprint density at radius 2 is 1.54 bits per heavy atom. The number of carbonyl (C=O) groups excluding carboxylic acids is 1. The van der Waals surface area contributed by atoms with Crippen LogP contribution in [0.2, 0.25) is 0 Å². The average molecular weight is 355 g/mol. The first-order valence-corrected chi connectivity index (χ1v) is 8.80. The van der Waals surface area contributed by atoms with Gasteiger partial charge in [0, 0.05) is 29.9 Å². The zero-order chi connectivity index (χ0) is 19.9. The van der Waals surface area contributed by atoms with Gasteiger partial charge in [-0.1, -0.05) is 41.5 Å². The van der Waals surface area contributed by atoms with E-state index >= 15 is 0 Å². The third-order valence-electron chi connectivity index (χ3n) is 4.38. The van der Waals surface area contributed by atoms with Crippen LogP contribution in [0.1, 0.15) is 68.9 Å². The minimum Gasteiger partial charge on any atom is -0.507 e. The van der Waals surface area contributed by atoms with Gasteiger partial charge in [-0.3, -0.25) is 4.79 Å². The zero-order valence-corrected chi connectivity index (χ0v) is 17.0. The molecular weight excluding hydrogens is 326 g/mol. The van der Waals surface area contributed by atoms with Crippen LogP contribution in [-0.4, -0.2) is 28.0 Å². The van der Waals surface area contributed by atoms with Crippen molar-refractivity contribution in [2.75, 3.05) is 7.05 Å². The Labute approximate surface area is 155 Å². The largest absolute Gasteiger partial charge is 0.507 e. The lowest BCUT2D eigenvalue weighted by Gasteiger charge is -2.28. The van der Waals surface area contributed by atoms with E-state index in [9.17, 15) is 9.90 Å². The van der Waals surface area contributed by atoms with E-state index in [1.54, 1.807) is 20.2 Å². The van der Waals surface area contributed by atoms with Gasteiger partial charge in [0.25, 0.3) is 5.91 Å². The number of rotatable bonds is 2. The smallest absolute Gasteiger partial charge is 0.254 e. The average Bonchev–Trinajstić information content (AvgIpc) is 2.52. The molecule has 5 nitrogen and oxygen atoms in total. The summed E-state index contributed by atoms with van der Waals surface area (Å²) in [5.41, 5.74) is 2.96. The predicted molar refractivity (Wildman–Crippen MR) is 105 cm³/mol. The number of hydrogen-bond donors (Lipinski definition) is 2. The Morgan fingerprint density at radius 3 is 1.96 bits per heavy atom. The molecule has 140 valence electrons. The first-order chi connectivity index (χ1) is 11.9. The Morgan fingerprint density at radius 1 is 1.04 bits per heavy atom. The molecule has 0 aliphatic heterocycles. The molecule has 0 unspecified atom stereocenters. The molecule has 26 heavy (non-hydrogen) atoms. The van der Waals surface area contributed by atoms with Crippen LogP contribution in [0.5, 0.6) is 5.75 Å². The summed E-state index contributed by atoms with van der Waals surface area (Å²) in [6, 6.07) is 3.86. The van der Waals surface area contributed by atoms with Crippen LogP contribution >= 0.6 is 0 Å². The van der Waals surface area contributed by atoms with Crippen molar-refractivity contribution in [2.45, 2.75) is 59.3 Å². The molecule has 0 radical (unpaired) electrons. The van der Waals surface area contributed by atoms with Gasteiger partial charge >= 0.3 is 0 Å². The SMILES string of the molecule is CNC(=O)c1cnc(C)nc1-c1cc(C(C)(C)C)c(O)c(C(C)(C)C)c1. The molecule has 2 N–H and O–H groups in total. The van der Waals surface area contributed by atoms with E-state index < -0.39 is 0 Å². The number of nitrogens with zero attached hydrogens (tertiary/aromatic N) is 2. The first-order valence-electron chi connectivity index (χ1n) is 8.80. The first kappa shape index (κ1) is 19.9. The van der Waals surface area contributed by atoms with Gasteiger partial charge in [-0.15, -0.1) is 0 Å². The van der Waals surface area contributed by atoms with Crippen molar-refractivity contribution in [1.82, 2.24) is 15.3 Å². The fourth-order valence-electron chi connectivity index (χ4n) is 2.91. The number of benzene rings is 1. The van der Waals surface area contributed by atoms with Gasteiger partial charge < -0.3 is 10.4 Å². The number of nitrogens with one attached hydrogen (secondary N) is 1. The van der Waals surface area contributed by atoms with Gasteiger partial charge in [0.05, 0.1) is 11.3 Å². The number of aryl methyl sites for hydroxylation is 1. The van der Waals surface area contributed by atoms with Crippen molar-refractivity contribution in [3.8, 4) is 17.0 Å². The predicted octanol–water partition coefficient (Wildman–Crippen LogP) is 4.11. The van der Waals surface area contributed by atoms with Crippen LogP contribution < -0.4 is 5.32 Å². The summed E-state index contributed by atoms with van der Waals surface area (Å²) >= 11 is 0. The number of phenolic OH excluding ortho intramolecular Hbond substituents is 1. The van der Waals surface area contributed by atoms with Crippen molar-refractivity contribution in [3.05, 3.63) is 40.8 Å². The molecule has 0 bridgehead atoms. The van der Waals surface area contributed by atoms with Crippen LogP contribution in [0.3, 0.4) is 0 Å². The molecule has 0 saturated carbocycles. The Hall–Kier alpha value is -2.43. The molecule has 0 aliphatic rings. The minimum atomic E-state index is -0.255. The lowest BCUT2D eigenvalue weighted by Crippen LogP contribution is -2.21. The lowest BCUT2D eigenvalue weighted by atomic mass is 9.78. The molecule has 1 heterocycles. The van der Waals surface area contributed by atoms with Gasteiger partial charge in [-0.25, -0.2) is 9.97 Å². The van der Waals surface area contributed by atoms with E-state index in [0.29, 0.717) is 22.8 Å². The number of aromatic nitrogens is 2. The third kappa shape index (κ3) is 3.87. The van der Waals surface area contributed by atoms with Crippen molar-refractivity contribution in [3.63, 3.8) is 0 Å². The number of carbonyl (C=O) groups is 1. The normalized spacial score (nSPS) is 12.2. The topological polar surface area (TPSA) is 75.1 Å². The lowest BCUT2D eigenvalue weighted by molar-refractivity contribution is 0.0963. The van der Waals surface area contributed by atoms with E-state index in [-0.39, 0.29) is 16.7 Å². The van der Waals surface area contributed by atoms with E-state index in [2.05, 4.69) is 56.8 Å². The van der Waals surface area contributed by atoms with E-state index in [0.717, 1.165) is 16.7 Å². The molecular formula is C21H29N3O2. The summed E-state index contributed by atoms with van der Waals surface area (Å²) in [6.07, 6.45) is 1.55. The van der Waals surface area contributed by atoms with Crippen LogP contribution in [0.15, 0.2) is 18.3 Å². The molecule has 0 saturated heterocycles. The van der Waals surface area contributed by atoms with E-state index in [4.69, 9.17) is 0 Å². The maximum absolute atomic E-state index is 12.3. The van der Waals surface area contributed by atoms with Gasteiger partial charge in [-0.05, 0) is 29.9 Å². The highest BCUT2D eigenvalue weighted by Gasteiger charge is 2.28. The number of hydrogen-bond acceptors (Lipinski definition) is 4. The van der Waals surface area contributed by atoms with Crippen molar-refractivity contribution in [1.29, 1.82) is 0 Å². The second-order valence-electron chi connectivity index (χ2n) is 8.68. The molecule has 0 fully saturated rings. The van der Waals surface area contributed by atoms with Gasteiger partial charge in [0.15, 0.2) is 0 Å². The molecule has 1 amide bonds. The quantitative estimate of drug-likeness (QED) is 0.850. The fraction of sp³-hybridized carbons (Fsp3) is 0.476. The van der Waals surface area contributed by atoms with Gasteiger partial charge in [-0.2, -0.15) is 0 Å². The van der Waals surface area contributed by atoms with Gasteiger partial charge in [0.1, 0.15) is 11.6 Å². The molecule has 0 atom stereocenters. The second kappa shape index (κ2) is 6.71. The monoisotopic (exact) mass is 355 g/mol. The number of aromatic hydroxyl groups is 1. The van der Waals surface area contributed by atoms with Crippen LogP contribution in [-0.2, 0) is 10.8 Å². The van der Waals surface area contributed by atoms with Crippen LogP contribution in [0.25, 0.3) is 11.3 Å². The van der Waals surface area contributed by atoms with Crippen LogP contribution in [0, 0.1) is 6.92 Å².